The highest BCUT2D eigenvalue weighted by molar-refractivity contribution is 7.99. The van der Waals surface area contributed by atoms with Gasteiger partial charge in [0.25, 0.3) is 5.56 Å². The number of aromatic amines is 1. The second-order valence-electron chi connectivity index (χ2n) is 3.93. The number of hydrogen-bond acceptors (Lipinski definition) is 6. The molecule has 0 aliphatic carbocycles. The summed E-state index contributed by atoms with van der Waals surface area (Å²) in [6.07, 6.45) is 0. The molecule has 0 aliphatic heterocycles. The van der Waals surface area contributed by atoms with Crippen LogP contribution in [0.5, 0.6) is 0 Å². The highest BCUT2D eigenvalue weighted by atomic mass is 32.2. The molecule has 2 rings (SSSR count). The van der Waals surface area contributed by atoms with Crippen molar-refractivity contribution in [2.24, 2.45) is 0 Å². The van der Waals surface area contributed by atoms with Gasteiger partial charge in [0, 0.05) is 17.4 Å². The number of nitrogens with zero attached hydrogens (tertiary/aromatic N) is 1. The minimum atomic E-state index is -0.348. The van der Waals surface area contributed by atoms with E-state index in [1.807, 2.05) is 0 Å². The third-order valence-corrected chi connectivity index (χ3v) is 3.15. The lowest BCUT2D eigenvalue weighted by molar-refractivity contribution is -0.113. The molecule has 6 N–H and O–H groups in total. The smallest absolute Gasteiger partial charge is 0.253 e. The van der Waals surface area contributed by atoms with Crippen LogP contribution in [0.2, 0.25) is 0 Å². The van der Waals surface area contributed by atoms with Gasteiger partial charge >= 0.3 is 0 Å². The molecule has 0 unspecified atom stereocenters. The van der Waals surface area contributed by atoms with E-state index in [4.69, 9.17) is 11.5 Å². The van der Waals surface area contributed by atoms with Crippen LogP contribution in [0.15, 0.2) is 40.3 Å². The van der Waals surface area contributed by atoms with Gasteiger partial charge in [-0.1, -0.05) is 11.8 Å². The van der Waals surface area contributed by atoms with Gasteiger partial charge in [-0.25, -0.2) is 4.98 Å². The third-order valence-electron chi connectivity index (χ3n) is 2.27. The largest absolute Gasteiger partial charge is 0.399 e. The van der Waals surface area contributed by atoms with Gasteiger partial charge in [0.2, 0.25) is 5.91 Å². The molecule has 7 nitrogen and oxygen atoms in total. The fourth-order valence-electron chi connectivity index (χ4n) is 1.42. The lowest BCUT2D eigenvalue weighted by Crippen LogP contribution is -2.15. The highest BCUT2D eigenvalue weighted by Gasteiger charge is 2.06. The van der Waals surface area contributed by atoms with Crippen LogP contribution in [0.4, 0.5) is 17.2 Å². The minimum absolute atomic E-state index is 0.108. The van der Waals surface area contributed by atoms with Crippen LogP contribution in [0, 0.1) is 0 Å². The quantitative estimate of drug-likeness (QED) is 0.372. The second kappa shape index (κ2) is 6.11. The monoisotopic (exact) mass is 291 g/mol. The first kappa shape index (κ1) is 13.9. The molecule has 1 aromatic heterocycles. The van der Waals surface area contributed by atoms with E-state index in [0.29, 0.717) is 16.5 Å². The lowest BCUT2D eigenvalue weighted by Gasteiger charge is -2.05. The Morgan fingerprint density at radius 2 is 2.00 bits per heavy atom. The number of rotatable bonds is 4. The molecule has 0 fully saturated rings. The van der Waals surface area contributed by atoms with Crippen LogP contribution in [0.3, 0.4) is 0 Å². The van der Waals surface area contributed by atoms with Gasteiger partial charge < -0.3 is 21.8 Å². The van der Waals surface area contributed by atoms with Gasteiger partial charge in [-0.15, -0.1) is 0 Å². The summed E-state index contributed by atoms with van der Waals surface area (Å²) in [5.74, 6) is 0.0107. The number of hydrogen-bond donors (Lipinski definition) is 4. The predicted molar refractivity (Wildman–Crippen MR) is 79.5 cm³/mol. The fraction of sp³-hybridized carbons (Fsp3) is 0.0833. The Kier molecular flexibility index (Phi) is 4.26. The molecule has 1 aromatic carbocycles. The predicted octanol–water partition coefficient (Wildman–Crippen LogP) is 0.665. The van der Waals surface area contributed by atoms with E-state index in [1.165, 1.54) is 6.07 Å². The van der Waals surface area contributed by atoms with Crippen molar-refractivity contribution in [2.75, 3.05) is 22.5 Å². The van der Waals surface area contributed by atoms with Gasteiger partial charge in [-0.05, 0) is 24.3 Å². The van der Waals surface area contributed by atoms with E-state index in [9.17, 15) is 9.59 Å². The summed E-state index contributed by atoms with van der Waals surface area (Å²) in [5.41, 5.74) is 11.9. The van der Waals surface area contributed by atoms with Crippen LogP contribution in [-0.4, -0.2) is 21.6 Å². The van der Waals surface area contributed by atoms with Crippen molar-refractivity contribution in [1.29, 1.82) is 0 Å². The zero-order chi connectivity index (χ0) is 14.5. The van der Waals surface area contributed by atoms with Crippen molar-refractivity contribution in [3.05, 3.63) is 40.7 Å². The summed E-state index contributed by atoms with van der Waals surface area (Å²) in [5, 5.41) is 3.01. The van der Waals surface area contributed by atoms with Crippen LogP contribution in [-0.2, 0) is 4.79 Å². The molecular formula is C12H13N5O2S. The van der Waals surface area contributed by atoms with E-state index < -0.39 is 0 Å². The van der Waals surface area contributed by atoms with E-state index in [2.05, 4.69) is 15.3 Å². The SMILES string of the molecule is Nc1ccc(NC(=O)CSc2nc(N)cc(=O)[nH]2)cc1. The average molecular weight is 291 g/mol. The van der Waals surface area contributed by atoms with Crippen LogP contribution >= 0.6 is 11.8 Å². The Morgan fingerprint density at radius 3 is 2.65 bits per heavy atom. The van der Waals surface area contributed by atoms with Crippen molar-refractivity contribution in [2.45, 2.75) is 5.16 Å². The van der Waals surface area contributed by atoms with Gasteiger partial charge in [0.15, 0.2) is 5.16 Å². The number of carbonyl (C=O) groups excluding carboxylic acids is 1. The molecule has 0 bridgehead atoms. The number of anilines is 3. The number of nitrogens with two attached hydrogens (primary N) is 2. The van der Waals surface area contributed by atoms with Crippen LogP contribution < -0.4 is 22.3 Å². The molecule has 0 atom stereocenters. The maximum absolute atomic E-state index is 11.7. The van der Waals surface area contributed by atoms with Gasteiger partial charge in [-0.3, -0.25) is 9.59 Å². The molecular weight excluding hydrogens is 278 g/mol. The molecule has 8 heteroatoms. The Bertz CT molecular complexity index is 668. The summed E-state index contributed by atoms with van der Waals surface area (Å²) in [7, 11) is 0. The van der Waals surface area contributed by atoms with Gasteiger partial charge in [0.1, 0.15) is 5.82 Å². The topological polar surface area (TPSA) is 127 Å². The number of aromatic nitrogens is 2. The molecule has 0 spiro atoms. The summed E-state index contributed by atoms with van der Waals surface area (Å²) in [4.78, 5) is 29.3. The van der Waals surface area contributed by atoms with Crippen molar-refractivity contribution in [1.82, 2.24) is 9.97 Å². The molecule has 0 saturated carbocycles. The number of thioether (sulfide) groups is 1. The fourth-order valence-corrected chi connectivity index (χ4v) is 2.10. The molecule has 1 heterocycles. The normalized spacial score (nSPS) is 10.2. The second-order valence-corrected chi connectivity index (χ2v) is 4.90. The van der Waals surface area contributed by atoms with E-state index in [0.717, 1.165) is 11.8 Å². The first-order valence-corrected chi connectivity index (χ1v) is 6.66. The molecule has 20 heavy (non-hydrogen) atoms. The zero-order valence-corrected chi connectivity index (χ0v) is 11.2. The maximum Gasteiger partial charge on any atom is 0.253 e. The standard InChI is InChI=1S/C12H13N5O2S/c13-7-1-3-8(4-2-7)15-11(19)6-20-12-16-9(14)5-10(18)17-12/h1-5H,6,13H2,(H,15,19)(H3,14,16,17,18). The zero-order valence-electron chi connectivity index (χ0n) is 10.4. The highest BCUT2D eigenvalue weighted by Crippen LogP contribution is 2.14. The van der Waals surface area contributed by atoms with Crippen molar-refractivity contribution < 1.29 is 4.79 Å². The summed E-state index contributed by atoms with van der Waals surface area (Å²) in [6, 6.07) is 7.98. The lowest BCUT2D eigenvalue weighted by atomic mass is 10.3. The minimum Gasteiger partial charge on any atom is -0.399 e. The van der Waals surface area contributed by atoms with E-state index in [1.54, 1.807) is 24.3 Å². The Labute approximate surface area is 118 Å². The molecule has 2 aromatic rings. The number of nitrogen functional groups attached to an aromatic ring is 2. The first-order chi connectivity index (χ1) is 9.52. The molecule has 0 aliphatic rings. The number of carbonyl (C=O) groups is 1. The van der Waals surface area contributed by atoms with Crippen molar-refractivity contribution in [3.63, 3.8) is 0 Å². The first-order valence-electron chi connectivity index (χ1n) is 5.68. The molecule has 0 saturated heterocycles. The Morgan fingerprint density at radius 1 is 1.30 bits per heavy atom. The number of H-pyrrole nitrogens is 1. The van der Waals surface area contributed by atoms with Crippen molar-refractivity contribution >= 4 is 34.9 Å². The van der Waals surface area contributed by atoms with E-state index >= 15 is 0 Å². The van der Waals surface area contributed by atoms with Crippen molar-refractivity contribution in [3.8, 4) is 0 Å². The van der Waals surface area contributed by atoms with Crippen LogP contribution in [0.1, 0.15) is 0 Å². The number of amides is 1. The maximum atomic E-state index is 11.7. The molecule has 1 amide bonds. The molecule has 0 radical (unpaired) electrons. The van der Waals surface area contributed by atoms with E-state index in [-0.39, 0.29) is 23.0 Å². The summed E-state index contributed by atoms with van der Waals surface area (Å²) < 4.78 is 0. The third kappa shape index (κ3) is 4.02. The summed E-state index contributed by atoms with van der Waals surface area (Å²) >= 11 is 1.10. The molecule has 104 valence electrons. The number of nitrogens with one attached hydrogen (secondary N) is 2. The summed E-state index contributed by atoms with van der Waals surface area (Å²) in [6.45, 7) is 0. The van der Waals surface area contributed by atoms with Gasteiger partial charge in [0.05, 0.1) is 5.75 Å². The average Bonchev–Trinajstić information content (AvgIpc) is 2.38. The Balaban J connectivity index is 1.92. The van der Waals surface area contributed by atoms with Gasteiger partial charge in [-0.2, -0.15) is 0 Å². The van der Waals surface area contributed by atoms with Crippen LogP contribution in [0.25, 0.3) is 0 Å². The number of benzene rings is 1. The Hall–Kier alpha value is -2.48.